The molecule has 0 unspecified atom stereocenters. The second-order valence-corrected chi connectivity index (χ2v) is 4.74. The van der Waals surface area contributed by atoms with E-state index in [4.69, 9.17) is 9.47 Å². The fourth-order valence-electron chi connectivity index (χ4n) is 1.21. The van der Waals surface area contributed by atoms with Gasteiger partial charge >= 0.3 is 12.1 Å². The van der Waals surface area contributed by atoms with Crippen molar-refractivity contribution in [2.24, 2.45) is 0 Å². The van der Waals surface area contributed by atoms with Crippen LogP contribution < -0.4 is 10.1 Å². The van der Waals surface area contributed by atoms with Crippen molar-refractivity contribution in [3.8, 4) is 5.88 Å². The number of hydrogen-bond donors (Lipinski definition) is 1. The second-order valence-electron chi connectivity index (χ2n) is 4.74. The summed E-state index contributed by atoms with van der Waals surface area (Å²) in [6.07, 6.45) is 0.562. The molecule has 0 aliphatic rings. The van der Waals surface area contributed by atoms with Gasteiger partial charge in [-0.1, -0.05) is 0 Å². The summed E-state index contributed by atoms with van der Waals surface area (Å²) in [6, 6.07) is 0. The molecule has 8 heteroatoms. The zero-order valence-electron chi connectivity index (χ0n) is 12.0. The molecule has 0 aliphatic carbocycles. The lowest BCUT2D eigenvalue weighted by molar-refractivity contribution is 0.0585. The Kier molecular flexibility index (Phi) is 4.84. The summed E-state index contributed by atoms with van der Waals surface area (Å²) in [7, 11) is 2.56. The number of carbonyl (C=O) groups excluding carboxylic acids is 2. The van der Waals surface area contributed by atoms with Gasteiger partial charge in [0.05, 0.1) is 20.4 Å². The van der Waals surface area contributed by atoms with E-state index in [1.807, 2.05) is 0 Å². The summed E-state index contributed by atoms with van der Waals surface area (Å²) in [5.41, 5.74) is -0.446. The van der Waals surface area contributed by atoms with Gasteiger partial charge in [-0.25, -0.2) is 14.6 Å². The van der Waals surface area contributed by atoms with Gasteiger partial charge in [-0.05, 0) is 20.8 Å². The Morgan fingerprint density at radius 2 is 1.90 bits per heavy atom. The van der Waals surface area contributed by atoms with Crippen LogP contribution in [0.2, 0.25) is 0 Å². The van der Waals surface area contributed by atoms with E-state index in [-0.39, 0.29) is 17.4 Å². The monoisotopic (exact) mass is 283 g/mol. The number of methoxy groups -OCH3 is 2. The molecule has 20 heavy (non-hydrogen) atoms. The minimum absolute atomic E-state index is 0.0336. The molecule has 110 valence electrons. The normalized spacial score (nSPS) is 10.7. The number of amides is 1. The van der Waals surface area contributed by atoms with Crippen molar-refractivity contribution in [1.82, 2.24) is 9.97 Å². The average Bonchev–Trinajstić information content (AvgIpc) is 2.36. The van der Waals surface area contributed by atoms with Crippen molar-refractivity contribution >= 4 is 17.7 Å². The van der Waals surface area contributed by atoms with Crippen LogP contribution in [0.15, 0.2) is 6.20 Å². The maximum atomic E-state index is 11.6. The summed E-state index contributed by atoms with van der Waals surface area (Å²) >= 11 is 0. The van der Waals surface area contributed by atoms with E-state index >= 15 is 0 Å². The van der Waals surface area contributed by atoms with E-state index in [1.54, 1.807) is 20.8 Å². The molecular formula is C12H17N3O5. The Hall–Kier alpha value is -2.38. The quantitative estimate of drug-likeness (QED) is 0.841. The predicted molar refractivity (Wildman–Crippen MR) is 69.8 cm³/mol. The Bertz CT molecular complexity index is 510. The number of esters is 1. The van der Waals surface area contributed by atoms with Gasteiger partial charge in [0.15, 0.2) is 0 Å². The number of carbonyl (C=O) groups is 2. The third kappa shape index (κ3) is 4.38. The number of anilines is 1. The van der Waals surface area contributed by atoms with E-state index in [1.165, 1.54) is 20.4 Å². The third-order valence-electron chi connectivity index (χ3n) is 1.95. The Morgan fingerprint density at radius 1 is 1.25 bits per heavy atom. The molecule has 1 heterocycles. The van der Waals surface area contributed by atoms with E-state index in [0.29, 0.717) is 0 Å². The maximum Gasteiger partial charge on any atom is 0.412 e. The number of aromatic nitrogens is 2. The number of ether oxygens (including phenoxy) is 3. The lowest BCUT2D eigenvalue weighted by Gasteiger charge is -2.20. The van der Waals surface area contributed by atoms with Crippen LogP contribution in [0.25, 0.3) is 0 Å². The standard InChI is InChI=1S/C12H17N3O5/c1-12(2,3)20-11(17)14-7-6-13-8(10(16)19-5)15-9(7)18-4/h6H,1-5H3,(H,14,17). The van der Waals surface area contributed by atoms with Gasteiger partial charge in [-0.15, -0.1) is 0 Å². The molecule has 1 N–H and O–H groups in total. The van der Waals surface area contributed by atoms with Crippen LogP contribution in [-0.2, 0) is 9.47 Å². The fourth-order valence-corrected chi connectivity index (χ4v) is 1.21. The second kappa shape index (κ2) is 6.18. The first-order chi connectivity index (χ1) is 9.26. The molecule has 8 nitrogen and oxygen atoms in total. The number of rotatable bonds is 3. The highest BCUT2D eigenvalue weighted by Gasteiger charge is 2.19. The summed E-state index contributed by atoms with van der Waals surface area (Å²) in [4.78, 5) is 30.5. The summed E-state index contributed by atoms with van der Waals surface area (Å²) < 4.78 is 14.6. The van der Waals surface area contributed by atoms with Crippen LogP contribution in [0, 0.1) is 0 Å². The van der Waals surface area contributed by atoms with Gasteiger partial charge in [0, 0.05) is 0 Å². The predicted octanol–water partition coefficient (Wildman–Crippen LogP) is 1.62. The highest BCUT2D eigenvalue weighted by Crippen LogP contribution is 2.21. The van der Waals surface area contributed by atoms with E-state index in [2.05, 4.69) is 20.0 Å². The van der Waals surface area contributed by atoms with Crippen LogP contribution in [-0.4, -0.2) is 41.9 Å². The summed E-state index contributed by atoms with van der Waals surface area (Å²) in [5, 5.41) is 2.44. The Balaban J connectivity index is 2.91. The van der Waals surface area contributed by atoms with Gasteiger partial charge in [0.2, 0.25) is 11.7 Å². The van der Waals surface area contributed by atoms with E-state index < -0.39 is 17.7 Å². The van der Waals surface area contributed by atoms with Gasteiger partial charge in [-0.3, -0.25) is 5.32 Å². The molecule has 1 amide bonds. The highest BCUT2D eigenvalue weighted by molar-refractivity contribution is 5.88. The van der Waals surface area contributed by atoms with Gasteiger partial charge < -0.3 is 14.2 Å². The SMILES string of the molecule is COC(=O)c1ncc(NC(=O)OC(C)(C)C)c(OC)n1. The van der Waals surface area contributed by atoms with Crippen LogP contribution >= 0.6 is 0 Å². The van der Waals surface area contributed by atoms with Gasteiger partial charge in [0.1, 0.15) is 11.3 Å². The molecule has 1 rings (SSSR count). The van der Waals surface area contributed by atoms with E-state index in [9.17, 15) is 9.59 Å². The zero-order valence-corrected chi connectivity index (χ0v) is 12.0. The minimum atomic E-state index is -0.702. The lowest BCUT2D eigenvalue weighted by atomic mass is 10.2. The van der Waals surface area contributed by atoms with Crippen LogP contribution in [0.4, 0.5) is 10.5 Å². The summed E-state index contributed by atoms with van der Waals surface area (Å²) in [5.74, 6) is -0.836. The molecule has 0 radical (unpaired) electrons. The average molecular weight is 283 g/mol. The molecule has 1 aromatic rings. The molecule has 0 bridgehead atoms. The molecule has 1 aromatic heterocycles. The van der Waals surface area contributed by atoms with Crippen molar-refractivity contribution in [2.45, 2.75) is 26.4 Å². The van der Waals surface area contributed by atoms with Crippen LogP contribution in [0.3, 0.4) is 0 Å². The lowest BCUT2D eigenvalue weighted by Crippen LogP contribution is -2.27. The molecule has 0 atom stereocenters. The molecule has 0 fully saturated rings. The third-order valence-corrected chi connectivity index (χ3v) is 1.95. The molecule has 0 saturated carbocycles. The first-order valence-corrected chi connectivity index (χ1v) is 5.76. The zero-order chi connectivity index (χ0) is 15.3. The molecule has 0 aromatic carbocycles. The van der Waals surface area contributed by atoms with Crippen molar-refractivity contribution in [1.29, 1.82) is 0 Å². The molecular weight excluding hydrogens is 266 g/mol. The van der Waals surface area contributed by atoms with E-state index in [0.717, 1.165) is 0 Å². The Morgan fingerprint density at radius 3 is 2.40 bits per heavy atom. The smallest absolute Gasteiger partial charge is 0.412 e. The van der Waals surface area contributed by atoms with Crippen molar-refractivity contribution < 1.29 is 23.8 Å². The largest absolute Gasteiger partial charge is 0.479 e. The van der Waals surface area contributed by atoms with Crippen molar-refractivity contribution in [3.63, 3.8) is 0 Å². The first-order valence-electron chi connectivity index (χ1n) is 5.76. The van der Waals surface area contributed by atoms with Gasteiger partial charge in [0.25, 0.3) is 0 Å². The van der Waals surface area contributed by atoms with Crippen LogP contribution in [0.5, 0.6) is 5.88 Å². The minimum Gasteiger partial charge on any atom is -0.479 e. The number of nitrogens with one attached hydrogen (secondary N) is 1. The number of hydrogen-bond acceptors (Lipinski definition) is 7. The maximum absolute atomic E-state index is 11.6. The highest BCUT2D eigenvalue weighted by atomic mass is 16.6. The molecule has 0 saturated heterocycles. The van der Waals surface area contributed by atoms with Crippen LogP contribution in [0.1, 0.15) is 31.4 Å². The first kappa shape index (κ1) is 15.7. The van der Waals surface area contributed by atoms with Crippen molar-refractivity contribution in [3.05, 3.63) is 12.0 Å². The van der Waals surface area contributed by atoms with Crippen molar-refractivity contribution in [2.75, 3.05) is 19.5 Å². The topological polar surface area (TPSA) is 99.6 Å². The summed E-state index contributed by atoms with van der Waals surface area (Å²) in [6.45, 7) is 5.21. The molecule has 0 aliphatic heterocycles. The van der Waals surface area contributed by atoms with Gasteiger partial charge in [-0.2, -0.15) is 4.98 Å². The Labute approximate surface area is 116 Å². The molecule has 0 spiro atoms. The number of nitrogens with zero attached hydrogens (tertiary/aromatic N) is 2. The fraction of sp³-hybridized carbons (Fsp3) is 0.500.